The molecular formula is C38H35BIrNO2Se2-. The van der Waals surface area contributed by atoms with Gasteiger partial charge >= 0.3 is 195 Å². The predicted octanol–water partition coefficient (Wildman–Crippen LogP) is 3.24. The standard InChI is InChI=1S/C27H15BNSe2.C11H20O2.Ir/c1-2-8-18-16-29-22(15-17(18)7-1)19-13-14-25-26-27(19)31-24-12-6-4-10-21(24)28(26)20-9-3-5-11-23(20)30-25;1-10(2,3)8(12)7-9(13)11(4,5)6;/h1-12,14-16H;7,12H,1-6H3;/q-1;;/b;8-7-;/i;7D;. The van der Waals surface area contributed by atoms with E-state index in [9.17, 15) is 9.90 Å². The van der Waals surface area contributed by atoms with E-state index in [0.29, 0.717) is 21.7 Å². The van der Waals surface area contributed by atoms with Gasteiger partial charge in [-0.1, -0.05) is 41.5 Å². The Balaban J connectivity index is 0.000000239. The first kappa shape index (κ1) is 32.2. The van der Waals surface area contributed by atoms with Crippen molar-refractivity contribution in [3.63, 3.8) is 0 Å². The third kappa shape index (κ3) is 6.86. The Morgan fingerprint density at radius 2 is 1.42 bits per heavy atom. The van der Waals surface area contributed by atoms with Gasteiger partial charge in [0.05, 0.1) is 1.37 Å². The molecule has 0 amide bonds. The van der Waals surface area contributed by atoms with E-state index in [1.807, 2.05) is 6.20 Å². The summed E-state index contributed by atoms with van der Waals surface area (Å²) in [6.07, 6.45) is 2.01. The number of aliphatic hydroxyl groups excluding tert-OH is 1. The van der Waals surface area contributed by atoms with Gasteiger partial charge in [-0.05, 0) is 0 Å². The van der Waals surface area contributed by atoms with Crippen LogP contribution in [0, 0.1) is 16.9 Å². The normalized spacial score (nSPS) is 14.0. The van der Waals surface area contributed by atoms with Gasteiger partial charge in [-0.3, -0.25) is 4.79 Å². The number of pyridine rings is 1. The van der Waals surface area contributed by atoms with Gasteiger partial charge in [0.15, 0.2) is 5.78 Å². The molecule has 3 nitrogen and oxygen atoms in total. The summed E-state index contributed by atoms with van der Waals surface area (Å²) in [6, 6.07) is 34.5. The number of benzene rings is 4. The topological polar surface area (TPSA) is 50.2 Å². The van der Waals surface area contributed by atoms with Crippen LogP contribution in [-0.2, 0) is 24.9 Å². The van der Waals surface area contributed by atoms with Crippen molar-refractivity contribution in [3.05, 3.63) is 109 Å². The first-order valence-electron chi connectivity index (χ1n) is 15.3. The van der Waals surface area contributed by atoms with Gasteiger partial charge in [-0.25, -0.2) is 0 Å². The molecule has 0 spiro atoms. The van der Waals surface area contributed by atoms with Gasteiger partial charge in [0.2, 0.25) is 0 Å². The Morgan fingerprint density at radius 1 is 0.844 bits per heavy atom. The monoisotopic (exact) mass is 902 g/mol. The number of aliphatic hydroxyl groups is 1. The molecule has 1 aromatic heterocycles. The minimum atomic E-state index is -0.615. The summed E-state index contributed by atoms with van der Waals surface area (Å²) in [4.78, 5) is 16.5. The van der Waals surface area contributed by atoms with E-state index in [2.05, 4.69) is 91.0 Å². The van der Waals surface area contributed by atoms with Crippen molar-refractivity contribution in [2.45, 2.75) is 41.5 Å². The van der Waals surface area contributed by atoms with E-state index in [0.717, 1.165) is 5.69 Å². The average molecular weight is 900 g/mol. The quantitative estimate of drug-likeness (QED) is 0.126. The molecule has 2 aliphatic rings. The molecule has 0 bridgehead atoms. The molecule has 0 saturated heterocycles. The number of hydrogen-bond donors (Lipinski definition) is 1. The number of carbonyl (C=O) groups excluding carboxylic acids is 1. The average Bonchev–Trinajstić information content (AvgIpc) is 3.02. The van der Waals surface area contributed by atoms with Crippen LogP contribution in [0.25, 0.3) is 22.0 Å². The zero-order chi connectivity index (χ0) is 32.1. The van der Waals surface area contributed by atoms with E-state index < -0.39 is 10.8 Å². The molecule has 4 aromatic carbocycles. The number of aromatic nitrogens is 1. The molecular weight excluding hydrogens is 863 g/mol. The van der Waals surface area contributed by atoms with Gasteiger partial charge in [-0.15, -0.1) is 0 Å². The molecule has 0 atom stereocenters. The Bertz CT molecular complexity index is 1990. The van der Waals surface area contributed by atoms with Crippen molar-refractivity contribution in [2.24, 2.45) is 10.8 Å². The van der Waals surface area contributed by atoms with Crippen LogP contribution in [-0.4, -0.2) is 52.5 Å². The molecule has 1 N–H and O–H groups in total. The number of fused-ring (bicyclic) bond motifs is 5. The molecule has 229 valence electrons. The Morgan fingerprint density at radius 3 is 2.04 bits per heavy atom. The molecule has 45 heavy (non-hydrogen) atoms. The number of rotatable bonds is 2. The van der Waals surface area contributed by atoms with E-state index >= 15 is 0 Å². The van der Waals surface area contributed by atoms with E-state index in [1.54, 1.807) is 47.0 Å². The molecule has 5 aromatic rings. The number of carbonyl (C=O) groups is 1. The predicted molar refractivity (Wildman–Crippen MR) is 188 cm³/mol. The first-order chi connectivity index (χ1) is 21.3. The van der Waals surface area contributed by atoms with E-state index in [1.165, 1.54) is 45.1 Å². The van der Waals surface area contributed by atoms with Crippen molar-refractivity contribution >= 4 is 87.4 Å². The van der Waals surface area contributed by atoms with Crippen LogP contribution in [0.15, 0.2) is 103 Å². The Hall–Kier alpha value is -2.75. The third-order valence-corrected chi connectivity index (χ3v) is 12.7. The summed E-state index contributed by atoms with van der Waals surface area (Å²) in [7, 11) is 0. The van der Waals surface area contributed by atoms with Crippen molar-refractivity contribution < 1.29 is 31.4 Å². The first-order valence-corrected chi connectivity index (χ1v) is 18.2. The van der Waals surface area contributed by atoms with Gasteiger partial charge < -0.3 is 5.11 Å². The number of nitrogens with zero attached hydrogens (tertiary/aromatic N) is 1. The fraction of sp³-hybridized carbons (Fsp3) is 0.211. The Labute approximate surface area is 294 Å². The minimum absolute atomic E-state index is 0. The van der Waals surface area contributed by atoms with Crippen molar-refractivity contribution in [3.8, 4) is 11.3 Å². The molecule has 0 aliphatic carbocycles. The van der Waals surface area contributed by atoms with Crippen LogP contribution < -0.4 is 34.2 Å². The summed E-state index contributed by atoms with van der Waals surface area (Å²) in [5.41, 5.74) is 5.60. The van der Waals surface area contributed by atoms with E-state index in [4.69, 9.17) is 6.35 Å². The van der Waals surface area contributed by atoms with Crippen LogP contribution in [0.1, 0.15) is 42.9 Å². The van der Waals surface area contributed by atoms with Crippen molar-refractivity contribution in [1.82, 2.24) is 4.98 Å². The second kappa shape index (κ2) is 13.2. The van der Waals surface area contributed by atoms with Crippen LogP contribution >= 0.6 is 0 Å². The summed E-state index contributed by atoms with van der Waals surface area (Å²) in [6.45, 7) is 10.9. The summed E-state index contributed by atoms with van der Waals surface area (Å²) < 4.78 is 13.5. The number of hydrogen-bond acceptors (Lipinski definition) is 3. The molecule has 2 aliphatic heterocycles. The summed E-state index contributed by atoms with van der Waals surface area (Å²) in [5.74, 6) is -0.470. The molecule has 0 unspecified atom stereocenters. The number of allylic oxidation sites excluding steroid dienone is 2. The second-order valence-electron chi connectivity index (χ2n) is 13.2. The summed E-state index contributed by atoms with van der Waals surface area (Å²) >= 11 is 0.575. The Kier molecular flexibility index (Phi) is 9.42. The van der Waals surface area contributed by atoms with Gasteiger partial charge in [0.25, 0.3) is 0 Å². The van der Waals surface area contributed by atoms with E-state index in [-0.39, 0.29) is 52.7 Å². The SMILES string of the molecule is [2H]/C(C(=O)C(C)(C)C)=C(/O)C(C)(C)C.[Ir].[c-]1cc2c3c(c1-c1cc4ccccc4cn1)[Se]c1ccccc1B3c1ccccc1[Se]2. The van der Waals surface area contributed by atoms with Crippen molar-refractivity contribution in [2.75, 3.05) is 0 Å². The molecule has 3 heterocycles. The molecule has 1 radical (unpaired) electrons. The maximum absolute atomic E-state index is 11.6. The zero-order valence-corrected chi connectivity index (χ0v) is 32.0. The number of ketones is 1. The van der Waals surface area contributed by atoms with Crippen LogP contribution in [0.5, 0.6) is 0 Å². The van der Waals surface area contributed by atoms with Gasteiger partial charge in [0.1, 0.15) is 5.76 Å². The molecule has 7 heteroatoms. The fourth-order valence-corrected chi connectivity index (χ4v) is 10.6. The molecule has 7 rings (SSSR count). The van der Waals surface area contributed by atoms with Gasteiger partial charge in [0, 0.05) is 37.0 Å². The van der Waals surface area contributed by atoms with Crippen molar-refractivity contribution in [1.29, 1.82) is 0 Å². The molecule has 0 saturated carbocycles. The maximum atomic E-state index is 11.6. The second-order valence-corrected chi connectivity index (χ2v) is 17.7. The fourth-order valence-electron chi connectivity index (χ4n) is 5.22. The van der Waals surface area contributed by atoms with Gasteiger partial charge in [-0.2, -0.15) is 0 Å². The zero-order valence-electron chi connectivity index (χ0n) is 27.2. The third-order valence-electron chi connectivity index (χ3n) is 7.78. The summed E-state index contributed by atoms with van der Waals surface area (Å²) in [5, 5.41) is 12.1. The van der Waals surface area contributed by atoms with Crippen LogP contribution in [0.2, 0.25) is 0 Å². The van der Waals surface area contributed by atoms with Crippen LogP contribution in [0.4, 0.5) is 0 Å². The molecule has 0 fully saturated rings. The van der Waals surface area contributed by atoms with Crippen LogP contribution in [0.3, 0.4) is 0 Å².